The zero-order valence-electron chi connectivity index (χ0n) is 12.5. The van der Waals surface area contributed by atoms with Crippen LogP contribution in [-0.4, -0.2) is 60.2 Å². The Labute approximate surface area is 125 Å². The Bertz CT molecular complexity index is 454. The van der Waals surface area contributed by atoms with Gasteiger partial charge in [0.2, 0.25) is 5.91 Å². The number of rotatable bonds is 5. The smallest absolute Gasteiger partial charge is 0.232 e. The summed E-state index contributed by atoms with van der Waals surface area (Å²) in [6.07, 6.45) is 4.68. The number of hydrogen-bond donors (Lipinski definition) is 0. The van der Waals surface area contributed by atoms with Gasteiger partial charge in [0.25, 0.3) is 0 Å². The summed E-state index contributed by atoms with van der Waals surface area (Å²) in [5, 5.41) is 0. The van der Waals surface area contributed by atoms with E-state index < -0.39 is 0 Å². The van der Waals surface area contributed by atoms with Crippen LogP contribution in [0.4, 0.5) is 0 Å². The predicted molar refractivity (Wildman–Crippen MR) is 82.8 cm³/mol. The molecule has 1 aromatic heterocycles. The van der Waals surface area contributed by atoms with Crippen molar-refractivity contribution in [3.05, 3.63) is 24.5 Å². The Hall–Kier alpha value is -1.07. The van der Waals surface area contributed by atoms with Gasteiger partial charge in [-0.1, -0.05) is 6.92 Å². The first-order chi connectivity index (χ1) is 9.48. The first-order valence-corrected chi connectivity index (χ1v) is 7.92. The van der Waals surface area contributed by atoms with E-state index in [0.29, 0.717) is 5.75 Å². The number of nitrogens with zero attached hydrogens (tertiary/aromatic N) is 3. The third-order valence-electron chi connectivity index (χ3n) is 3.81. The Morgan fingerprint density at radius 2 is 2.20 bits per heavy atom. The quantitative estimate of drug-likeness (QED) is 0.778. The average Bonchev–Trinajstić information content (AvgIpc) is 2.76. The number of hydrogen-bond acceptors (Lipinski definition) is 4. The van der Waals surface area contributed by atoms with Gasteiger partial charge in [0, 0.05) is 37.4 Å². The second kappa shape index (κ2) is 6.59. The van der Waals surface area contributed by atoms with Crippen LogP contribution in [0.1, 0.15) is 13.3 Å². The summed E-state index contributed by atoms with van der Waals surface area (Å²) in [5.41, 5.74) is 0.237. The van der Waals surface area contributed by atoms with E-state index in [1.54, 1.807) is 24.2 Å². The van der Waals surface area contributed by atoms with Gasteiger partial charge in [-0.2, -0.15) is 0 Å². The van der Waals surface area contributed by atoms with E-state index in [1.165, 1.54) is 6.42 Å². The zero-order chi connectivity index (χ0) is 14.6. The van der Waals surface area contributed by atoms with Crippen LogP contribution < -0.4 is 0 Å². The second-order valence-corrected chi connectivity index (χ2v) is 7.07. The molecule has 0 bridgehead atoms. The highest BCUT2D eigenvalue weighted by Crippen LogP contribution is 2.29. The maximum absolute atomic E-state index is 12.2. The van der Waals surface area contributed by atoms with Crippen molar-refractivity contribution in [3.8, 4) is 0 Å². The topological polar surface area (TPSA) is 36.4 Å². The van der Waals surface area contributed by atoms with Crippen molar-refractivity contribution in [2.75, 3.05) is 39.5 Å². The van der Waals surface area contributed by atoms with Gasteiger partial charge in [-0.3, -0.25) is 9.78 Å². The minimum absolute atomic E-state index is 0.197. The summed E-state index contributed by atoms with van der Waals surface area (Å²) < 4.78 is 0. The van der Waals surface area contributed by atoms with E-state index >= 15 is 0 Å². The molecule has 1 saturated heterocycles. The molecule has 0 saturated carbocycles. The van der Waals surface area contributed by atoms with Crippen molar-refractivity contribution in [1.82, 2.24) is 14.8 Å². The molecule has 0 spiro atoms. The lowest BCUT2D eigenvalue weighted by Crippen LogP contribution is -2.39. The number of pyridine rings is 1. The molecule has 0 aliphatic carbocycles. The summed E-state index contributed by atoms with van der Waals surface area (Å²) in [5.74, 6) is 0.689. The zero-order valence-corrected chi connectivity index (χ0v) is 13.3. The van der Waals surface area contributed by atoms with Crippen LogP contribution in [0.5, 0.6) is 0 Å². The minimum atomic E-state index is 0.197. The number of carbonyl (C=O) groups excluding carboxylic acids is 1. The lowest BCUT2D eigenvalue weighted by molar-refractivity contribution is -0.128. The van der Waals surface area contributed by atoms with E-state index in [4.69, 9.17) is 0 Å². The molecule has 2 rings (SSSR count). The average molecular weight is 293 g/mol. The lowest BCUT2D eigenvalue weighted by atomic mass is 9.89. The molecular formula is C15H23N3OS. The van der Waals surface area contributed by atoms with Crippen molar-refractivity contribution >= 4 is 17.7 Å². The van der Waals surface area contributed by atoms with E-state index in [9.17, 15) is 4.79 Å². The number of likely N-dealkylation sites (tertiary alicyclic amines) is 1. The van der Waals surface area contributed by atoms with Gasteiger partial charge >= 0.3 is 0 Å². The van der Waals surface area contributed by atoms with Gasteiger partial charge in [-0.15, -0.1) is 11.8 Å². The summed E-state index contributed by atoms with van der Waals surface area (Å²) in [4.78, 5) is 21.5. The summed E-state index contributed by atoms with van der Waals surface area (Å²) in [6.45, 7) is 5.32. The summed E-state index contributed by atoms with van der Waals surface area (Å²) in [7, 11) is 4.06. The Morgan fingerprint density at radius 1 is 1.50 bits per heavy atom. The Balaban J connectivity index is 1.80. The van der Waals surface area contributed by atoms with Crippen molar-refractivity contribution in [2.24, 2.45) is 5.41 Å². The summed E-state index contributed by atoms with van der Waals surface area (Å²) in [6, 6.07) is 3.87. The molecule has 0 unspecified atom stereocenters. The van der Waals surface area contributed by atoms with E-state index in [2.05, 4.69) is 23.9 Å². The minimum Gasteiger partial charge on any atom is -0.344 e. The SMILES string of the molecule is CN1CC[C@](C)(CN(C)C(=O)CSc2ccncc2)C1. The fourth-order valence-electron chi connectivity index (χ4n) is 2.75. The Kier molecular flexibility index (Phi) is 5.05. The van der Waals surface area contributed by atoms with E-state index in [1.807, 2.05) is 24.1 Å². The van der Waals surface area contributed by atoms with Gasteiger partial charge in [0.15, 0.2) is 0 Å². The van der Waals surface area contributed by atoms with Crippen LogP contribution in [-0.2, 0) is 4.79 Å². The largest absolute Gasteiger partial charge is 0.344 e. The highest BCUT2D eigenvalue weighted by Gasteiger charge is 2.33. The molecule has 5 heteroatoms. The highest BCUT2D eigenvalue weighted by molar-refractivity contribution is 8.00. The number of aromatic nitrogens is 1. The normalized spacial score (nSPS) is 22.9. The van der Waals surface area contributed by atoms with Gasteiger partial charge in [-0.05, 0) is 37.6 Å². The van der Waals surface area contributed by atoms with Crippen LogP contribution >= 0.6 is 11.8 Å². The highest BCUT2D eigenvalue weighted by atomic mass is 32.2. The van der Waals surface area contributed by atoms with Crippen LogP contribution in [0.25, 0.3) is 0 Å². The molecule has 0 radical (unpaired) electrons. The molecule has 4 nitrogen and oxygen atoms in total. The van der Waals surface area contributed by atoms with Crippen molar-refractivity contribution in [2.45, 2.75) is 18.2 Å². The maximum atomic E-state index is 12.2. The van der Waals surface area contributed by atoms with Gasteiger partial charge in [0.05, 0.1) is 5.75 Å². The maximum Gasteiger partial charge on any atom is 0.232 e. The van der Waals surface area contributed by atoms with E-state index in [-0.39, 0.29) is 11.3 Å². The van der Waals surface area contributed by atoms with E-state index in [0.717, 1.165) is 24.5 Å². The molecule has 1 aliphatic rings. The molecule has 20 heavy (non-hydrogen) atoms. The van der Waals surface area contributed by atoms with Crippen LogP contribution in [0.2, 0.25) is 0 Å². The fourth-order valence-corrected chi connectivity index (χ4v) is 3.57. The number of amides is 1. The molecule has 1 atom stereocenters. The third-order valence-corrected chi connectivity index (χ3v) is 4.80. The van der Waals surface area contributed by atoms with Gasteiger partial charge in [0.1, 0.15) is 0 Å². The first-order valence-electron chi connectivity index (χ1n) is 6.94. The Morgan fingerprint density at radius 3 is 2.80 bits per heavy atom. The molecular weight excluding hydrogens is 270 g/mol. The second-order valence-electron chi connectivity index (χ2n) is 6.02. The van der Waals surface area contributed by atoms with Gasteiger partial charge < -0.3 is 9.80 Å². The van der Waals surface area contributed by atoms with Crippen molar-refractivity contribution < 1.29 is 4.79 Å². The van der Waals surface area contributed by atoms with Gasteiger partial charge in [-0.25, -0.2) is 0 Å². The van der Waals surface area contributed by atoms with Crippen molar-refractivity contribution in [1.29, 1.82) is 0 Å². The molecule has 0 N–H and O–H groups in total. The molecule has 1 amide bonds. The number of thioether (sulfide) groups is 1. The van der Waals surface area contributed by atoms with Crippen LogP contribution in [0.3, 0.4) is 0 Å². The van der Waals surface area contributed by atoms with Crippen LogP contribution in [0, 0.1) is 5.41 Å². The molecule has 1 aromatic rings. The first kappa shape index (κ1) is 15.3. The summed E-state index contributed by atoms with van der Waals surface area (Å²) >= 11 is 1.57. The molecule has 1 aliphatic heterocycles. The number of carbonyl (C=O) groups is 1. The predicted octanol–water partition coefficient (Wildman–Crippen LogP) is 1.97. The fraction of sp³-hybridized carbons (Fsp3) is 0.600. The molecule has 0 aromatic carbocycles. The standard InChI is InChI=1S/C15H23N3OS/c1-15(6-9-17(2)11-15)12-18(3)14(19)10-20-13-4-7-16-8-5-13/h4-5,7-8H,6,9-12H2,1-3H3/t15-/m0/s1. The third kappa shape index (κ3) is 4.21. The lowest BCUT2D eigenvalue weighted by Gasteiger charge is -2.29. The molecule has 110 valence electrons. The molecule has 1 fully saturated rings. The van der Waals surface area contributed by atoms with Crippen LogP contribution in [0.15, 0.2) is 29.4 Å². The molecule has 2 heterocycles. The van der Waals surface area contributed by atoms with Crippen molar-refractivity contribution in [3.63, 3.8) is 0 Å². The monoisotopic (exact) mass is 293 g/mol.